The summed E-state index contributed by atoms with van der Waals surface area (Å²) in [5.74, 6) is -1.48. The number of carboxylic acids is 1. The molecule has 1 saturated heterocycles. The van der Waals surface area contributed by atoms with Crippen molar-refractivity contribution < 1.29 is 24.2 Å². The Bertz CT molecular complexity index is 1040. The molecule has 0 unspecified atom stereocenters. The molecule has 1 heterocycles. The van der Waals surface area contributed by atoms with Gasteiger partial charge in [0.1, 0.15) is 18.7 Å². The van der Waals surface area contributed by atoms with Crippen LogP contribution in [0.4, 0.5) is 4.79 Å². The fourth-order valence-electron chi connectivity index (χ4n) is 5.02. The molecule has 2 atom stereocenters. The first-order valence-corrected chi connectivity index (χ1v) is 11.8. The second-order valence-electron chi connectivity index (χ2n) is 10.2. The van der Waals surface area contributed by atoms with Crippen molar-refractivity contribution in [1.82, 2.24) is 10.2 Å². The zero-order valence-electron chi connectivity index (χ0n) is 19.9. The minimum absolute atomic E-state index is 0.0829. The van der Waals surface area contributed by atoms with Gasteiger partial charge in [-0.2, -0.15) is 0 Å². The molecule has 2 aromatic rings. The molecule has 0 saturated carbocycles. The fraction of sp³-hybridized carbons (Fsp3) is 0.444. The number of nitrogens with zero attached hydrogens (tertiary/aromatic N) is 1. The van der Waals surface area contributed by atoms with E-state index in [0.29, 0.717) is 13.0 Å². The fourth-order valence-corrected chi connectivity index (χ4v) is 5.02. The molecule has 7 nitrogen and oxygen atoms in total. The summed E-state index contributed by atoms with van der Waals surface area (Å²) < 4.78 is 5.64. The van der Waals surface area contributed by atoms with Gasteiger partial charge in [0.05, 0.1) is 0 Å². The molecule has 1 aliphatic carbocycles. The number of alkyl carbamates (subject to hydrolysis) is 1. The second-order valence-corrected chi connectivity index (χ2v) is 10.2. The number of nitrogens with one attached hydrogen (secondary N) is 1. The van der Waals surface area contributed by atoms with Crippen molar-refractivity contribution in [2.45, 2.75) is 58.0 Å². The lowest BCUT2D eigenvalue weighted by molar-refractivity contribution is -0.154. The summed E-state index contributed by atoms with van der Waals surface area (Å²) >= 11 is 0. The van der Waals surface area contributed by atoms with E-state index in [9.17, 15) is 19.5 Å². The minimum atomic E-state index is -1.01. The Labute approximate surface area is 200 Å². The predicted molar refractivity (Wildman–Crippen MR) is 128 cm³/mol. The smallest absolute Gasteiger partial charge is 0.407 e. The third-order valence-electron chi connectivity index (χ3n) is 6.79. The molecular formula is C27H32N2O5. The summed E-state index contributed by atoms with van der Waals surface area (Å²) in [5, 5.41) is 12.3. The molecule has 0 bridgehead atoms. The van der Waals surface area contributed by atoms with Crippen LogP contribution in [0.2, 0.25) is 0 Å². The zero-order valence-corrected chi connectivity index (χ0v) is 19.9. The van der Waals surface area contributed by atoms with Gasteiger partial charge in [-0.05, 0) is 46.9 Å². The normalized spacial score (nSPS) is 18.6. The van der Waals surface area contributed by atoms with Crippen LogP contribution in [0.3, 0.4) is 0 Å². The predicted octanol–water partition coefficient (Wildman–Crippen LogP) is 4.41. The Kier molecular flexibility index (Phi) is 6.64. The van der Waals surface area contributed by atoms with Crippen molar-refractivity contribution in [3.05, 3.63) is 59.7 Å². The Morgan fingerprint density at radius 2 is 1.62 bits per heavy atom. The first-order chi connectivity index (χ1) is 16.2. The number of hydrogen-bond acceptors (Lipinski definition) is 4. The number of ether oxygens (including phenoxy) is 1. The molecule has 1 aliphatic heterocycles. The molecule has 0 spiro atoms. The van der Waals surface area contributed by atoms with Crippen molar-refractivity contribution in [3.63, 3.8) is 0 Å². The number of amides is 2. The van der Waals surface area contributed by atoms with Crippen LogP contribution in [0.25, 0.3) is 11.1 Å². The van der Waals surface area contributed by atoms with Crippen molar-refractivity contribution in [2.24, 2.45) is 5.41 Å². The molecule has 34 heavy (non-hydrogen) atoms. The van der Waals surface area contributed by atoms with Crippen LogP contribution >= 0.6 is 0 Å². The van der Waals surface area contributed by atoms with Gasteiger partial charge in [0.25, 0.3) is 0 Å². The van der Waals surface area contributed by atoms with Gasteiger partial charge in [0.15, 0.2) is 0 Å². The molecule has 2 N–H and O–H groups in total. The number of benzene rings is 2. The standard InChI is InChI=1S/C27H32N2O5/c1-27(2,3)23(24(30)29-15-9-8-14-22(29)25(31)32)28-26(33)34-16-21-19-12-6-4-10-17(19)18-11-5-7-13-20(18)21/h4-7,10-13,21-23H,8-9,14-16H2,1-3H3,(H,28,33)(H,31,32)/t22-,23+/m1/s1. The highest BCUT2D eigenvalue weighted by Gasteiger charge is 2.41. The van der Waals surface area contributed by atoms with E-state index in [2.05, 4.69) is 17.4 Å². The highest BCUT2D eigenvalue weighted by atomic mass is 16.5. The van der Waals surface area contributed by atoms with E-state index in [1.165, 1.54) is 4.90 Å². The monoisotopic (exact) mass is 464 g/mol. The van der Waals surface area contributed by atoms with Gasteiger partial charge in [-0.1, -0.05) is 69.3 Å². The number of carbonyl (C=O) groups excluding carboxylic acids is 2. The minimum Gasteiger partial charge on any atom is -0.480 e. The lowest BCUT2D eigenvalue weighted by atomic mass is 9.85. The number of carbonyl (C=O) groups is 3. The maximum absolute atomic E-state index is 13.4. The van der Waals surface area contributed by atoms with Crippen molar-refractivity contribution in [2.75, 3.05) is 13.2 Å². The zero-order chi connectivity index (χ0) is 24.5. The van der Waals surface area contributed by atoms with E-state index in [4.69, 9.17) is 4.74 Å². The molecule has 180 valence electrons. The van der Waals surface area contributed by atoms with E-state index in [1.54, 1.807) is 0 Å². The van der Waals surface area contributed by atoms with E-state index in [1.807, 2.05) is 57.2 Å². The molecule has 2 amide bonds. The van der Waals surface area contributed by atoms with Crippen LogP contribution in [0.1, 0.15) is 57.1 Å². The van der Waals surface area contributed by atoms with Crippen LogP contribution in [-0.4, -0.2) is 53.2 Å². The average molecular weight is 465 g/mol. The lowest BCUT2D eigenvalue weighted by Gasteiger charge is -2.39. The van der Waals surface area contributed by atoms with Gasteiger partial charge in [0.2, 0.25) is 5.91 Å². The van der Waals surface area contributed by atoms with E-state index >= 15 is 0 Å². The summed E-state index contributed by atoms with van der Waals surface area (Å²) in [5.41, 5.74) is 3.87. The van der Waals surface area contributed by atoms with Gasteiger partial charge in [-0.3, -0.25) is 4.79 Å². The van der Waals surface area contributed by atoms with Gasteiger partial charge >= 0.3 is 12.1 Å². The molecule has 1 fully saturated rings. The molecule has 4 rings (SSSR count). The molecule has 2 aliphatic rings. The SMILES string of the molecule is CC(C)(C)[C@@H](NC(=O)OCC1c2ccccc2-c2ccccc21)C(=O)N1CCCC[C@@H]1C(=O)O. The highest BCUT2D eigenvalue weighted by molar-refractivity contribution is 5.90. The first-order valence-electron chi connectivity index (χ1n) is 11.8. The third kappa shape index (κ3) is 4.65. The third-order valence-corrected chi connectivity index (χ3v) is 6.79. The van der Waals surface area contributed by atoms with Gasteiger partial charge in [-0.15, -0.1) is 0 Å². The number of fused-ring (bicyclic) bond motifs is 3. The van der Waals surface area contributed by atoms with E-state index in [0.717, 1.165) is 35.1 Å². The lowest BCUT2D eigenvalue weighted by Crippen LogP contribution is -2.59. The molecule has 7 heteroatoms. The van der Waals surface area contributed by atoms with Crippen LogP contribution < -0.4 is 5.32 Å². The molecule has 0 aromatic heterocycles. The summed E-state index contributed by atoms with van der Waals surface area (Å²) in [6.07, 6.45) is 1.25. The van der Waals surface area contributed by atoms with Crippen LogP contribution in [-0.2, 0) is 14.3 Å². The van der Waals surface area contributed by atoms with Crippen LogP contribution in [0.15, 0.2) is 48.5 Å². The maximum atomic E-state index is 13.4. The largest absolute Gasteiger partial charge is 0.480 e. The number of carboxylic acid groups (broad SMARTS) is 1. The van der Waals surface area contributed by atoms with E-state index in [-0.39, 0.29) is 18.4 Å². The quantitative estimate of drug-likeness (QED) is 0.684. The Hall–Kier alpha value is -3.35. The number of rotatable bonds is 5. The highest BCUT2D eigenvalue weighted by Crippen LogP contribution is 2.44. The molecular weight excluding hydrogens is 432 g/mol. The van der Waals surface area contributed by atoms with Crippen molar-refractivity contribution >= 4 is 18.0 Å². The van der Waals surface area contributed by atoms with Crippen molar-refractivity contribution in [3.8, 4) is 11.1 Å². The van der Waals surface area contributed by atoms with Gasteiger partial charge in [-0.25, -0.2) is 9.59 Å². The number of hydrogen-bond donors (Lipinski definition) is 2. The van der Waals surface area contributed by atoms with Crippen molar-refractivity contribution in [1.29, 1.82) is 0 Å². The van der Waals surface area contributed by atoms with Gasteiger partial charge in [0, 0.05) is 12.5 Å². The maximum Gasteiger partial charge on any atom is 0.407 e. The Morgan fingerprint density at radius 3 is 2.18 bits per heavy atom. The summed E-state index contributed by atoms with van der Waals surface area (Å²) in [6.45, 7) is 6.05. The summed E-state index contributed by atoms with van der Waals surface area (Å²) in [7, 11) is 0. The Morgan fingerprint density at radius 1 is 1.03 bits per heavy atom. The summed E-state index contributed by atoms with van der Waals surface area (Å²) in [4.78, 5) is 39.3. The number of aliphatic carboxylic acids is 1. The first kappa shape index (κ1) is 23.8. The van der Waals surface area contributed by atoms with Gasteiger partial charge < -0.3 is 20.1 Å². The molecule has 2 aromatic carbocycles. The second kappa shape index (κ2) is 9.49. The number of likely N-dealkylation sites (tertiary alicyclic amines) is 1. The molecule has 0 radical (unpaired) electrons. The van der Waals surface area contributed by atoms with Crippen LogP contribution in [0.5, 0.6) is 0 Å². The van der Waals surface area contributed by atoms with Crippen LogP contribution in [0, 0.1) is 5.41 Å². The summed E-state index contributed by atoms with van der Waals surface area (Å²) in [6, 6.07) is 14.4. The van der Waals surface area contributed by atoms with E-state index < -0.39 is 29.6 Å². The Balaban J connectivity index is 1.47. The topological polar surface area (TPSA) is 95.9 Å². The number of piperidine rings is 1. The average Bonchev–Trinajstić information content (AvgIpc) is 3.14.